The van der Waals surface area contributed by atoms with Gasteiger partial charge in [0, 0.05) is 4.47 Å². The molecule has 2 rings (SSSR count). The van der Waals surface area contributed by atoms with Crippen molar-refractivity contribution >= 4 is 31.9 Å². The van der Waals surface area contributed by atoms with Gasteiger partial charge in [0.25, 0.3) is 5.91 Å². The number of halogens is 1. The summed E-state index contributed by atoms with van der Waals surface area (Å²) in [5.41, 5.74) is 1.52. The number of nitriles is 1. The van der Waals surface area contributed by atoms with Gasteiger partial charge in [-0.3, -0.25) is 4.79 Å². The van der Waals surface area contributed by atoms with Gasteiger partial charge < -0.3 is 5.32 Å². The summed E-state index contributed by atoms with van der Waals surface area (Å²) in [4.78, 5) is 12.3. The van der Waals surface area contributed by atoms with E-state index in [1.54, 1.807) is 31.2 Å². The van der Waals surface area contributed by atoms with Crippen molar-refractivity contribution in [1.29, 1.82) is 5.26 Å². The fourth-order valence-electron chi connectivity index (χ4n) is 2.06. The van der Waals surface area contributed by atoms with Crippen LogP contribution in [0.25, 0.3) is 0 Å². The molecule has 2 aromatic carbocycles. The average Bonchev–Trinajstić information content (AvgIpc) is 2.54. The number of carbonyl (C=O) groups excluding carboxylic acids is 1. The van der Waals surface area contributed by atoms with E-state index in [-0.39, 0.29) is 16.5 Å². The third kappa shape index (κ3) is 4.20. The summed E-state index contributed by atoms with van der Waals surface area (Å²) >= 11 is 3.23. The predicted molar refractivity (Wildman–Crippen MR) is 92.6 cm³/mol. The Labute approximate surface area is 148 Å². The van der Waals surface area contributed by atoms with Gasteiger partial charge in [-0.25, -0.2) is 13.6 Å². The molecule has 0 aromatic heterocycles. The minimum Gasteiger partial charge on any atom is -0.345 e. The Kier molecular flexibility index (Phi) is 5.39. The van der Waals surface area contributed by atoms with Crippen LogP contribution in [0.5, 0.6) is 0 Å². The van der Waals surface area contributed by atoms with E-state index in [1.807, 2.05) is 6.07 Å². The molecule has 0 radical (unpaired) electrons. The van der Waals surface area contributed by atoms with Crippen molar-refractivity contribution in [2.24, 2.45) is 5.14 Å². The fraction of sp³-hybridized carbons (Fsp3) is 0.125. The number of rotatable bonds is 4. The van der Waals surface area contributed by atoms with Gasteiger partial charge in [0.1, 0.15) is 0 Å². The Morgan fingerprint density at radius 2 is 1.88 bits per heavy atom. The second kappa shape index (κ2) is 7.13. The zero-order valence-electron chi connectivity index (χ0n) is 12.7. The number of nitrogens with one attached hydrogen (secondary N) is 1. The zero-order valence-corrected chi connectivity index (χ0v) is 15.1. The van der Waals surface area contributed by atoms with E-state index in [9.17, 15) is 13.2 Å². The molecule has 0 spiro atoms. The van der Waals surface area contributed by atoms with Gasteiger partial charge in [0.05, 0.1) is 28.1 Å². The standard InChI is InChI=1S/C16H14BrN3O3S/c1-10(12-4-2-11(9-18)3-5-12)20-16(21)14-8-13(24(19,22)23)6-7-15(14)17/h2-8,10H,1H3,(H,20,21)(H2,19,22,23). The molecule has 2 aromatic rings. The van der Waals surface area contributed by atoms with Gasteiger partial charge in [0.2, 0.25) is 10.0 Å². The van der Waals surface area contributed by atoms with E-state index < -0.39 is 15.9 Å². The first-order valence-corrected chi connectivity index (χ1v) is 9.19. The lowest BCUT2D eigenvalue weighted by atomic mass is 10.1. The molecule has 0 fully saturated rings. The summed E-state index contributed by atoms with van der Waals surface area (Å²) < 4.78 is 23.3. The highest BCUT2D eigenvalue weighted by Crippen LogP contribution is 2.22. The number of benzene rings is 2. The molecule has 0 saturated heterocycles. The van der Waals surface area contributed by atoms with E-state index in [2.05, 4.69) is 21.2 Å². The van der Waals surface area contributed by atoms with Crippen molar-refractivity contribution in [2.45, 2.75) is 17.9 Å². The van der Waals surface area contributed by atoms with Gasteiger partial charge in [0.15, 0.2) is 0 Å². The summed E-state index contributed by atoms with van der Waals surface area (Å²) in [6, 6.07) is 12.5. The molecule has 3 N–H and O–H groups in total. The molecule has 1 amide bonds. The molecule has 24 heavy (non-hydrogen) atoms. The summed E-state index contributed by atoms with van der Waals surface area (Å²) in [5, 5.41) is 16.7. The second-order valence-corrected chi connectivity index (χ2v) is 7.53. The first-order valence-electron chi connectivity index (χ1n) is 6.85. The summed E-state index contributed by atoms with van der Waals surface area (Å²) in [7, 11) is -3.90. The number of sulfonamides is 1. The molecule has 0 aliphatic carbocycles. The molecule has 0 heterocycles. The van der Waals surface area contributed by atoms with Crippen LogP contribution in [0.15, 0.2) is 51.8 Å². The van der Waals surface area contributed by atoms with E-state index in [1.165, 1.54) is 18.2 Å². The molecule has 1 unspecified atom stereocenters. The maximum Gasteiger partial charge on any atom is 0.252 e. The third-order valence-corrected chi connectivity index (χ3v) is 5.00. The molecule has 1 atom stereocenters. The number of hydrogen-bond acceptors (Lipinski definition) is 4. The Bertz CT molecular complexity index is 919. The largest absolute Gasteiger partial charge is 0.345 e. The minimum atomic E-state index is -3.90. The predicted octanol–water partition coefficient (Wildman–Crippen LogP) is 2.46. The topological polar surface area (TPSA) is 113 Å². The van der Waals surface area contributed by atoms with Crippen molar-refractivity contribution in [2.75, 3.05) is 0 Å². The Morgan fingerprint density at radius 1 is 1.25 bits per heavy atom. The van der Waals surface area contributed by atoms with Gasteiger partial charge in [-0.1, -0.05) is 12.1 Å². The first-order chi connectivity index (χ1) is 11.2. The maximum atomic E-state index is 12.4. The average molecular weight is 408 g/mol. The Balaban J connectivity index is 2.24. The quantitative estimate of drug-likeness (QED) is 0.809. The molecular weight excluding hydrogens is 394 g/mol. The lowest BCUT2D eigenvalue weighted by molar-refractivity contribution is 0.0939. The Hall–Kier alpha value is -2.21. The summed E-state index contributed by atoms with van der Waals surface area (Å²) in [5.74, 6) is -0.441. The third-order valence-electron chi connectivity index (χ3n) is 3.40. The van der Waals surface area contributed by atoms with Crippen LogP contribution in [-0.2, 0) is 10.0 Å². The highest BCUT2D eigenvalue weighted by atomic mass is 79.9. The molecule has 0 aliphatic rings. The lowest BCUT2D eigenvalue weighted by Crippen LogP contribution is -2.27. The van der Waals surface area contributed by atoms with Crippen molar-refractivity contribution in [3.05, 3.63) is 63.6 Å². The Morgan fingerprint density at radius 3 is 2.42 bits per heavy atom. The van der Waals surface area contributed by atoms with Crippen LogP contribution >= 0.6 is 15.9 Å². The van der Waals surface area contributed by atoms with E-state index in [4.69, 9.17) is 10.4 Å². The summed E-state index contributed by atoms with van der Waals surface area (Å²) in [6.45, 7) is 1.79. The van der Waals surface area contributed by atoms with Crippen LogP contribution in [0, 0.1) is 11.3 Å². The molecule has 8 heteroatoms. The molecule has 0 bridgehead atoms. The smallest absolute Gasteiger partial charge is 0.252 e. The van der Waals surface area contributed by atoms with Crippen molar-refractivity contribution in [3.8, 4) is 6.07 Å². The fourth-order valence-corrected chi connectivity index (χ4v) is 3.03. The minimum absolute atomic E-state index is 0.137. The highest BCUT2D eigenvalue weighted by Gasteiger charge is 2.17. The molecular formula is C16H14BrN3O3S. The van der Waals surface area contributed by atoms with Gasteiger partial charge in [-0.05, 0) is 58.7 Å². The first kappa shape index (κ1) is 18.1. The maximum absolute atomic E-state index is 12.4. The van der Waals surface area contributed by atoms with Crippen LogP contribution in [0.4, 0.5) is 0 Å². The summed E-state index contributed by atoms with van der Waals surface area (Å²) in [6.07, 6.45) is 0. The van der Waals surface area contributed by atoms with E-state index in [0.717, 1.165) is 5.56 Å². The number of amides is 1. The van der Waals surface area contributed by atoms with Gasteiger partial charge >= 0.3 is 0 Å². The van der Waals surface area contributed by atoms with Gasteiger partial charge in [-0.2, -0.15) is 5.26 Å². The normalized spacial score (nSPS) is 12.2. The van der Waals surface area contributed by atoms with Crippen molar-refractivity contribution in [3.63, 3.8) is 0 Å². The highest BCUT2D eigenvalue weighted by molar-refractivity contribution is 9.10. The van der Waals surface area contributed by atoms with Crippen molar-refractivity contribution < 1.29 is 13.2 Å². The molecule has 124 valence electrons. The monoisotopic (exact) mass is 407 g/mol. The van der Waals surface area contributed by atoms with E-state index in [0.29, 0.717) is 10.0 Å². The lowest BCUT2D eigenvalue weighted by Gasteiger charge is -2.15. The van der Waals surface area contributed by atoms with E-state index >= 15 is 0 Å². The number of primary sulfonamides is 1. The molecule has 0 aliphatic heterocycles. The van der Waals surface area contributed by atoms with Crippen LogP contribution in [0.3, 0.4) is 0 Å². The van der Waals surface area contributed by atoms with Crippen LogP contribution in [-0.4, -0.2) is 14.3 Å². The number of nitrogens with zero attached hydrogens (tertiary/aromatic N) is 1. The van der Waals surface area contributed by atoms with Crippen LogP contribution in [0.2, 0.25) is 0 Å². The van der Waals surface area contributed by atoms with Crippen LogP contribution < -0.4 is 10.5 Å². The molecule has 0 saturated carbocycles. The van der Waals surface area contributed by atoms with Crippen LogP contribution in [0.1, 0.15) is 34.5 Å². The second-order valence-electron chi connectivity index (χ2n) is 5.12. The van der Waals surface area contributed by atoms with Gasteiger partial charge in [-0.15, -0.1) is 0 Å². The van der Waals surface area contributed by atoms with Crippen molar-refractivity contribution in [1.82, 2.24) is 5.32 Å². The molecule has 6 nitrogen and oxygen atoms in total. The SMILES string of the molecule is CC(NC(=O)c1cc(S(N)(=O)=O)ccc1Br)c1ccc(C#N)cc1. The number of hydrogen-bond donors (Lipinski definition) is 2. The number of nitrogens with two attached hydrogens (primary N) is 1. The number of carbonyl (C=O) groups is 1. The zero-order chi connectivity index (χ0) is 17.9.